The highest BCUT2D eigenvalue weighted by Gasteiger charge is 2.12. The summed E-state index contributed by atoms with van der Waals surface area (Å²) >= 11 is 3.03. The number of hydrogen-bond acceptors (Lipinski definition) is 7. The Morgan fingerprint density at radius 2 is 1.73 bits per heavy atom. The Kier molecular flexibility index (Phi) is 6.56. The minimum atomic E-state index is 0.363. The number of hydrogen-bond donors (Lipinski definition) is 2. The zero-order valence-corrected chi connectivity index (χ0v) is 13.8. The number of nitrogens with two attached hydrogens (primary N) is 2. The van der Waals surface area contributed by atoms with Crippen molar-refractivity contribution in [3.05, 3.63) is 6.33 Å². The average Bonchev–Trinajstić information content (AvgIpc) is 2.89. The molecule has 0 aromatic carbocycles. The molecule has 6 nitrogen and oxygen atoms in total. The standard InChI is InChI=1S/C14H16N6S2/c1-20-10-17-12-11(20)13(21-8-4-2-6-15)19-14(18-12)22-9-5-3-7-16/h10H,6-9,15-16H2,1H3. The Balaban J connectivity index is 2.23. The number of nitrogens with zero attached hydrogens (tertiary/aromatic N) is 4. The molecule has 2 aromatic heterocycles. The van der Waals surface area contributed by atoms with Crippen molar-refractivity contribution in [3.8, 4) is 23.7 Å². The van der Waals surface area contributed by atoms with Gasteiger partial charge in [0.25, 0.3) is 0 Å². The summed E-state index contributed by atoms with van der Waals surface area (Å²) in [6.45, 7) is 0.730. The number of thioether (sulfide) groups is 2. The Labute approximate surface area is 137 Å². The van der Waals surface area contributed by atoms with Crippen LogP contribution in [0.3, 0.4) is 0 Å². The molecule has 2 heterocycles. The van der Waals surface area contributed by atoms with Gasteiger partial charge in [0.05, 0.1) is 30.9 Å². The molecule has 114 valence electrons. The maximum absolute atomic E-state index is 5.36. The van der Waals surface area contributed by atoms with Crippen LogP contribution in [0.25, 0.3) is 11.2 Å². The van der Waals surface area contributed by atoms with E-state index in [1.165, 1.54) is 11.8 Å². The van der Waals surface area contributed by atoms with Crippen LogP contribution in [0, 0.1) is 23.7 Å². The van der Waals surface area contributed by atoms with Crippen LogP contribution in [0.1, 0.15) is 0 Å². The van der Waals surface area contributed by atoms with Crippen LogP contribution in [0.4, 0.5) is 0 Å². The molecule has 0 aliphatic carbocycles. The molecule has 8 heteroatoms. The molecule has 0 amide bonds. The fourth-order valence-corrected chi connectivity index (χ4v) is 3.12. The van der Waals surface area contributed by atoms with E-state index in [0.717, 1.165) is 10.5 Å². The topological polar surface area (TPSA) is 95.6 Å². The van der Waals surface area contributed by atoms with Crippen LogP contribution in [0.2, 0.25) is 0 Å². The molecule has 2 rings (SSSR count). The molecule has 4 N–H and O–H groups in total. The van der Waals surface area contributed by atoms with E-state index in [1.54, 1.807) is 18.1 Å². The van der Waals surface area contributed by atoms with Crippen molar-refractivity contribution >= 4 is 34.7 Å². The van der Waals surface area contributed by atoms with Gasteiger partial charge < -0.3 is 16.0 Å². The maximum Gasteiger partial charge on any atom is 0.191 e. The predicted molar refractivity (Wildman–Crippen MR) is 91.4 cm³/mol. The second-order valence-corrected chi connectivity index (χ2v) is 5.94. The van der Waals surface area contributed by atoms with Crippen LogP contribution in [0.5, 0.6) is 0 Å². The van der Waals surface area contributed by atoms with E-state index in [9.17, 15) is 0 Å². The molecule has 22 heavy (non-hydrogen) atoms. The van der Waals surface area contributed by atoms with Crippen molar-refractivity contribution in [1.29, 1.82) is 0 Å². The monoisotopic (exact) mass is 332 g/mol. The summed E-state index contributed by atoms with van der Waals surface area (Å²) in [5.41, 5.74) is 12.3. The lowest BCUT2D eigenvalue weighted by Gasteiger charge is -2.04. The summed E-state index contributed by atoms with van der Waals surface area (Å²) in [7, 11) is 1.92. The minimum Gasteiger partial charge on any atom is -0.330 e. The first-order valence-corrected chi connectivity index (χ1v) is 8.49. The molecule has 0 fully saturated rings. The lowest BCUT2D eigenvalue weighted by molar-refractivity contribution is 0.888. The fraction of sp³-hybridized carbons (Fsp3) is 0.357. The zero-order valence-electron chi connectivity index (χ0n) is 12.2. The van der Waals surface area contributed by atoms with Gasteiger partial charge in [0, 0.05) is 7.05 Å². The first-order chi connectivity index (χ1) is 10.8. The number of rotatable bonds is 4. The molecule has 0 spiro atoms. The van der Waals surface area contributed by atoms with Gasteiger partial charge in [-0.2, -0.15) is 0 Å². The Bertz CT molecular complexity index is 762. The third kappa shape index (κ3) is 4.39. The summed E-state index contributed by atoms with van der Waals surface area (Å²) in [6.07, 6.45) is 1.73. The first-order valence-electron chi connectivity index (χ1n) is 6.52. The van der Waals surface area contributed by atoms with Crippen molar-refractivity contribution < 1.29 is 0 Å². The van der Waals surface area contributed by atoms with Crippen molar-refractivity contribution in [2.45, 2.75) is 10.2 Å². The Hall–Kier alpha value is -1.71. The van der Waals surface area contributed by atoms with E-state index >= 15 is 0 Å². The van der Waals surface area contributed by atoms with Gasteiger partial charge in [-0.25, -0.2) is 15.0 Å². The summed E-state index contributed by atoms with van der Waals surface area (Å²) in [5.74, 6) is 12.8. The van der Waals surface area contributed by atoms with Gasteiger partial charge in [-0.15, -0.1) is 0 Å². The van der Waals surface area contributed by atoms with Crippen LogP contribution in [0.15, 0.2) is 16.5 Å². The summed E-state index contributed by atoms with van der Waals surface area (Å²) < 4.78 is 1.91. The molecule has 0 radical (unpaired) electrons. The van der Waals surface area contributed by atoms with Gasteiger partial charge in [-0.3, -0.25) is 0 Å². The van der Waals surface area contributed by atoms with Crippen molar-refractivity contribution in [2.24, 2.45) is 18.5 Å². The second-order valence-electron chi connectivity index (χ2n) is 4.03. The first kappa shape index (κ1) is 16.7. The molecule has 0 atom stereocenters. The predicted octanol–water partition coefficient (Wildman–Crippen LogP) is 0.472. The quantitative estimate of drug-likeness (QED) is 0.364. The molecule has 2 aromatic rings. The molecule has 0 bridgehead atoms. The Morgan fingerprint density at radius 1 is 1.05 bits per heavy atom. The second kappa shape index (κ2) is 8.66. The molecule has 0 aliphatic heterocycles. The van der Waals surface area contributed by atoms with E-state index in [1.807, 2.05) is 11.6 Å². The normalized spacial score (nSPS) is 9.95. The fourth-order valence-electron chi connectivity index (χ4n) is 1.62. The molecular formula is C14H16N6S2. The highest BCUT2D eigenvalue weighted by Crippen LogP contribution is 2.26. The number of aromatic nitrogens is 4. The van der Waals surface area contributed by atoms with E-state index in [4.69, 9.17) is 11.5 Å². The highest BCUT2D eigenvalue weighted by atomic mass is 32.2. The molecular weight excluding hydrogens is 316 g/mol. The van der Waals surface area contributed by atoms with E-state index in [-0.39, 0.29) is 0 Å². The smallest absolute Gasteiger partial charge is 0.191 e. The van der Waals surface area contributed by atoms with Crippen molar-refractivity contribution in [3.63, 3.8) is 0 Å². The van der Waals surface area contributed by atoms with Crippen LogP contribution < -0.4 is 11.5 Å². The van der Waals surface area contributed by atoms with Gasteiger partial charge in [0.15, 0.2) is 10.8 Å². The lowest BCUT2D eigenvalue weighted by Crippen LogP contribution is -1.97. The van der Waals surface area contributed by atoms with E-state index in [0.29, 0.717) is 35.4 Å². The summed E-state index contributed by atoms with van der Waals surface area (Å²) in [6, 6.07) is 0. The maximum atomic E-state index is 5.36. The lowest BCUT2D eigenvalue weighted by atomic mass is 10.5. The van der Waals surface area contributed by atoms with Crippen LogP contribution in [-0.2, 0) is 7.05 Å². The Morgan fingerprint density at radius 3 is 2.41 bits per heavy atom. The van der Waals surface area contributed by atoms with Gasteiger partial charge in [0.2, 0.25) is 0 Å². The van der Waals surface area contributed by atoms with Crippen LogP contribution in [-0.4, -0.2) is 44.1 Å². The van der Waals surface area contributed by atoms with Crippen LogP contribution >= 0.6 is 23.5 Å². The average molecular weight is 332 g/mol. The van der Waals surface area contributed by atoms with Gasteiger partial charge >= 0.3 is 0 Å². The van der Waals surface area contributed by atoms with Crippen molar-refractivity contribution in [2.75, 3.05) is 24.6 Å². The molecule has 0 aliphatic rings. The van der Waals surface area contributed by atoms with Gasteiger partial charge in [-0.05, 0) is 0 Å². The third-order valence-corrected chi connectivity index (χ3v) is 4.10. The van der Waals surface area contributed by atoms with E-state index < -0.39 is 0 Å². The number of fused-ring (bicyclic) bond motifs is 1. The molecule has 0 unspecified atom stereocenters. The largest absolute Gasteiger partial charge is 0.330 e. The van der Waals surface area contributed by atoms with Gasteiger partial charge in [0.1, 0.15) is 10.5 Å². The molecule has 0 saturated heterocycles. The van der Waals surface area contributed by atoms with Crippen molar-refractivity contribution in [1.82, 2.24) is 19.5 Å². The third-order valence-electron chi connectivity index (χ3n) is 2.53. The highest BCUT2D eigenvalue weighted by molar-refractivity contribution is 8.00. The zero-order chi connectivity index (χ0) is 15.8. The van der Waals surface area contributed by atoms with E-state index in [2.05, 4.69) is 38.6 Å². The van der Waals surface area contributed by atoms with Gasteiger partial charge in [-0.1, -0.05) is 47.2 Å². The molecule has 0 saturated carbocycles. The minimum absolute atomic E-state index is 0.363. The SMILES string of the molecule is Cn1cnc2nc(SCC#CCN)nc(SCC#CCN)c21. The summed E-state index contributed by atoms with van der Waals surface area (Å²) in [5, 5.41) is 1.53. The number of aryl methyl sites for hydroxylation is 1. The number of imidazole rings is 1. The summed E-state index contributed by atoms with van der Waals surface area (Å²) in [4.78, 5) is 13.3.